The minimum absolute atomic E-state index is 0. The molecule has 0 amide bonds. The summed E-state index contributed by atoms with van der Waals surface area (Å²) in [5.41, 5.74) is 0. The van der Waals surface area contributed by atoms with Gasteiger partial charge in [-0.2, -0.15) is 0 Å². The second-order valence-corrected chi connectivity index (χ2v) is 6.55. The average molecular weight is 483 g/mol. The van der Waals surface area contributed by atoms with Crippen molar-refractivity contribution < 1.29 is 47.5 Å². The van der Waals surface area contributed by atoms with Crippen LogP contribution in [0.1, 0.15) is 65.2 Å². The van der Waals surface area contributed by atoms with Crippen LogP contribution in [0, 0.1) is 23.7 Å². The molecule has 2 rings (SSSR count). The van der Waals surface area contributed by atoms with Crippen molar-refractivity contribution in [3.05, 3.63) is 0 Å². The van der Waals surface area contributed by atoms with E-state index in [2.05, 4.69) is 13.8 Å². The smallest absolute Gasteiger partial charge is 0.550 e. The Kier molecular flexibility index (Phi) is 10.5. The zero-order valence-corrected chi connectivity index (χ0v) is 18.8. The summed E-state index contributed by atoms with van der Waals surface area (Å²) in [7, 11) is 0. The third-order valence-corrected chi connectivity index (χ3v) is 4.70. The molecule has 0 aliphatic heterocycles. The van der Waals surface area contributed by atoms with E-state index in [-0.39, 0.29) is 39.5 Å². The molecule has 0 aromatic heterocycles. The van der Waals surface area contributed by atoms with Crippen molar-refractivity contribution in [2.75, 3.05) is 0 Å². The average Bonchev–Trinajstić information content (AvgIpc) is 2.40. The predicted molar refractivity (Wildman–Crippen MR) is 72.3 cm³/mol. The first kappa shape index (κ1) is 20.9. The van der Waals surface area contributed by atoms with E-state index >= 15 is 0 Å². The first-order valence-corrected chi connectivity index (χ1v) is 7.81. The van der Waals surface area contributed by atoms with E-state index in [0.717, 1.165) is 63.2 Å². The van der Waals surface area contributed by atoms with Gasteiger partial charge in [-0.3, -0.25) is 0 Å². The molecule has 2 fully saturated rings. The molecule has 0 spiro atoms. The third kappa shape index (κ3) is 8.17. The van der Waals surface area contributed by atoms with E-state index in [0.29, 0.717) is 0 Å². The molecule has 0 unspecified atom stereocenters. The van der Waals surface area contributed by atoms with Crippen molar-refractivity contribution in [3.63, 3.8) is 0 Å². The summed E-state index contributed by atoms with van der Waals surface area (Å²) in [6.45, 7) is 4.34. The van der Waals surface area contributed by atoms with Crippen molar-refractivity contribution >= 4 is 11.9 Å². The molecule has 2 aliphatic carbocycles. The molecule has 116 valence electrons. The fourth-order valence-corrected chi connectivity index (χ4v) is 2.99. The first-order chi connectivity index (χ1) is 9.40. The zero-order chi connectivity index (χ0) is 15.1. The molecular formula is C16H26HgO4. The molecule has 0 atom stereocenters. The Morgan fingerprint density at radius 1 is 0.667 bits per heavy atom. The number of hydrogen-bond acceptors (Lipinski definition) is 4. The third-order valence-electron chi connectivity index (χ3n) is 4.70. The fourth-order valence-electron chi connectivity index (χ4n) is 2.99. The second kappa shape index (κ2) is 10.6. The number of carboxylic acid groups (broad SMARTS) is 2. The van der Waals surface area contributed by atoms with Crippen molar-refractivity contribution in [1.82, 2.24) is 0 Å². The van der Waals surface area contributed by atoms with Crippen LogP contribution in [0.4, 0.5) is 0 Å². The van der Waals surface area contributed by atoms with Gasteiger partial charge >= 0.3 is 27.7 Å². The van der Waals surface area contributed by atoms with Gasteiger partial charge in [0.1, 0.15) is 0 Å². The SMILES string of the molecule is CC1CCC(C(=O)[O-])CC1.CC1CCC(C(=O)[O-])CC1.[Hg+2]. The Morgan fingerprint density at radius 3 is 1.10 bits per heavy atom. The Bertz CT molecular complexity index is 284. The predicted octanol–water partition coefficient (Wildman–Crippen LogP) is 1.12. The maximum absolute atomic E-state index is 10.3. The molecule has 4 nitrogen and oxygen atoms in total. The van der Waals surface area contributed by atoms with E-state index in [1.165, 1.54) is 0 Å². The summed E-state index contributed by atoms with van der Waals surface area (Å²) in [5.74, 6) is -0.586. The normalized spacial score (nSPS) is 32.1. The monoisotopic (exact) mass is 484 g/mol. The molecule has 0 aromatic carbocycles. The maximum Gasteiger partial charge on any atom is 2.00 e. The second-order valence-electron chi connectivity index (χ2n) is 6.55. The minimum atomic E-state index is -0.855. The van der Waals surface area contributed by atoms with Crippen LogP contribution in [-0.4, -0.2) is 11.9 Å². The van der Waals surface area contributed by atoms with Gasteiger partial charge in [0.25, 0.3) is 0 Å². The van der Waals surface area contributed by atoms with Crippen LogP contribution in [0.3, 0.4) is 0 Å². The summed E-state index contributed by atoms with van der Waals surface area (Å²) >= 11 is 0. The molecule has 0 aromatic rings. The van der Waals surface area contributed by atoms with Crippen LogP contribution >= 0.6 is 0 Å². The minimum Gasteiger partial charge on any atom is -0.550 e. The number of aliphatic carboxylic acids is 2. The van der Waals surface area contributed by atoms with E-state index in [9.17, 15) is 19.8 Å². The van der Waals surface area contributed by atoms with Gasteiger partial charge in [0.15, 0.2) is 0 Å². The van der Waals surface area contributed by atoms with Crippen molar-refractivity contribution in [1.29, 1.82) is 0 Å². The van der Waals surface area contributed by atoms with Gasteiger partial charge in [-0.15, -0.1) is 0 Å². The van der Waals surface area contributed by atoms with Crippen LogP contribution in [0.2, 0.25) is 0 Å². The van der Waals surface area contributed by atoms with Crippen molar-refractivity contribution in [3.8, 4) is 0 Å². The molecule has 0 bridgehead atoms. The van der Waals surface area contributed by atoms with Gasteiger partial charge in [-0.05, 0) is 49.4 Å². The summed E-state index contributed by atoms with van der Waals surface area (Å²) in [5, 5.41) is 20.7. The molecule has 2 saturated carbocycles. The van der Waals surface area contributed by atoms with Crippen LogP contribution in [0.5, 0.6) is 0 Å². The molecule has 21 heavy (non-hydrogen) atoms. The Balaban J connectivity index is 0.000000364. The zero-order valence-electron chi connectivity index (χ0n) is 13.3. The van der Waals surface area contributed by atoms with Gasteiger partial charge in [-0.25, -0.2) is 0 Å². The molecule has 2 aliphatic rings. The van der Waals surface area contributed by atoms with Crippen LogP contribution in [0.15, 0.2) is 0 Å². The van der Waals surface area contributed by atoms with E-state index in [4.69, 9.17) is 0 Å². The van der Waals surface area contributed by atoms with E-state index in [1.54, 1.807) is 0 Å². The molecule has 0 saturated heterocycles. The maximum atomic E-state index is 10.3. The van der Waals surface area contributed by atoms with Crippen LogP contribution in [-0.2, 0) is 37.3 Å². The first-order valence-electron chi connectivity index (χ1n) is 7.81. The van der Waals surface area contributed by atoms with E-state index < -0.39 is 11.9 Å². The van der Waals surface area contributed by atoms with Gasteiger partial charge < -0.3 is 19.8 Å². The summed E-state index contributed by atoms with van der Waals surface area (Å²) in [6.07, 6.45) is 7.51. The number of rotatable bonds is 2. The molecule has 0 N–H and O–H groups in total. The van der Waals surface area contributed by atoms with Gasteiger partial charge in [-0.1, -0.05) is 39.5 Å². The number of hydrogen-bond donors (Lipinski definition) is 0. The topological polar surface area (TPSA) is 80.3 Å². The summed E-state index contributed by atoms with van der Waals surface area (Å²) in [6, 6.07) is 0. The Labute approximate surface area is 148 Å². The van der Waals surface area contributed by atoms with Crippen molar-refractivity contribution in [2.24, 2.45) is 23.7 Å². The summed E-state index contributed by atoms with van der Waals surface area (Å²) in [4.78, 5) is 20.7. The Hall–Kier alpha value is -0.125. The van der Waals surface area contributed by atoms with Gasteiger partial charge in [0.05, 0.1) is 0 Å². The van der Waals surface area contributed by atoms with Crippen molar-refractivity contribution in [2.45, 2.75) is 65.2 Å². The standard InChI is InChI=1S/2C8H14O2.Hg/c2*1-6-2-4-7(5-3-6)8(9)10;/h2*6-7H,2-5H2,1H3,(H,9,10);/q;;+2/p-2. The summed E-state index contributed by atoms with van der Waals surface area (Å²) < 4.78 is 0. The number of carbonyl (C=O) groups excluding carboxylic acids is 2. The number of carboxylic acids is 2. The molecule has 0 radical (unpaired) electrons. The molecule has 5 heteroatoms. The van der Waals surface area contributed by atoms with Crippen LogP contribution in [0.25, 0.3) is 0 Å². The largest absolute Gasteiger partial charge is 2.00 e. The van der Waals surface area contributed by atoms with Gasteiger partial charge in [0, 0.05) is 11.9 Å². The number of carbonyl (C=O) groups is 2. The quantitative estimate of drug-likeness (QED) is 0.552. The molecular weight excluding hydrogens is 457 g/mol. The van der Waals surface area contributed by atoms with E-state index in [1.807, 2.05) is 0 Å². The molecule has 0 heterocycles. The van der Waals surface area contributed by atoms with Gasteiger partial charge in [0.2, 0.25) is 0 Å². The fraction of sp³-hybridized carbons (Fsp3) is 0.875. The Morgan fingerprint density at radius 2 is 0.905 bits per heavy atom. The van der Waals surface area contributed by atoms with Crippen LogP contribution < -0.4 is 10.2 Å².